The highest BCUT2D eigenvalue weighted by molar-refractivity contribution is 7.13. The molecule has 2 aromatic carbocycles. The molecule has 5 saturated heterocycles. The number of aromatic hydroxyl groups is 1. The molecule has 1 saturated carbocycles. The van der Waals surface area contributed by atoms with Crippen LogP contribution in [0, 0.1) is 12.8 Å². The zero-order chi connectivity index (χ0) is 59.2. The predicted octanol–water partition coefficient (Wildman–Crippen LogP) is 8.31. The summed E-state index contributed by atoms with van der Waals surface area (Å²) in [6, 6.07) is 23.0. The van der Waals surface area contributed by atoms with Gasteiger partial charge in [-0.2, -0.15) is 5.10 Å². The zero-order valence-corrected chi connectivity index (χ0v) is 50.2. The van der Waals surface area contributed by atoms with Crippen LogP contribution in [-0.2, 0) is 20.9 Å². The number of nitrogens with zero attached hydrogens (tertiary/aromatic N) is 12. The van der Waals surface area contributed by atoms with Crippen LogP contribution in [0.3, 0.4) is 0 Å². The van der Waals surface area contributed by atoms with Crippen LogP contribution >= 0.6 is 11.3 Å². The Kier molecular flexibility index (Phi) is 16.4. The second-order valence-electron chi connectivity index (χ2n) is 24.9. The Balaban J connectivity index is 0.534. The van der Waals surface area contributed by atoms with Gasteiger partial charge >= 0.3 is 0 Å². The molecule has 2 amide bonds. The molecule has 6 aliphatic rings. The van der Waals surface area contributed by atoms with Crippen LogP contribution in [0.2, 0.25) is 0 Å². The number of likely N-dealkylation sites (tertiary alicyclic amines) is 2. The number of carbonyl (C=O) groups is 2. The van der Waals surface area contributed by atoms with Gasteiger partial charge in [0.2, 0.25) is 17.7 Å². The normalized spacial score (nSPS) is 23.7. The molecule has 6 fully saturated rings. The van der Waals surface area contributed by atoms with Crippen molar-refractivity contribution in [2.24, 2.45) is 5.92 Å². The van der Waals surface area contributed by atoms with Gasteiger partial charge in [-0.15, -0.1) is 21.5 Å². The minimum absolute atomic E-state index is 0.0729. The van der Waals surface area contributed by atoms with Gasteiger partial charge in [0.05, 0.1) is 64.1 Å². The van der Waals surface area contributed by atoms with Crippen LogP contribution in [0.25, 0.3) is 21.7 Å². The number of anilines is 4. The van der Waals surface area contributed by atoms with Gasteiger partial charge in [-0.25, -0.2) is 9.97 Å². The number of hydrogen-bond acceptors (Lipinski definition) is 19. The summed E-state index contributed by atoms with van der Waals surface area (Å²) in [7, 11) is 0. The Morgan fingerprint density at radius 2 is 1.60 bits per heavy atom. The number of aliphatic hydroxyl groups excluding tert-OH is 1. The molecule has 0 spiro atoms. The van der Waals surface area contributed by atoms with Gasteiger partial charge in [0, 0.05) is 125 Å². The monoisotopic (exact) mass is 1190 g/mol. The van der Waals surface area contributed by atoms with E-state index in [4.69, 9.17) is 24.8 Å². The number of phenolic OH excluding ortho intramolecular Hbond substituents is 1. The van der Waals surface area contributed by atoms with Gasteiger partial charge in [0.1, 0.15) is 23.8 Å². The summed E-state index contributed by atoms with van der Waals surface area (Å²) in [4.78, 5) is 49.5. The number of aliphatic hydroxyl groups is 1. The number of rotatable bonds is 18. The lowest BCUT2D eigenvalue weighted by atomic mass is 9.91. The van der Waals surface area contributed by atoms with Crippen LogP contribution in [0.1, 0.15) is 119 Å². The van der Waals surface area contributed by atoms with Gasteiger partial charge in [0.15, 0.2) is 17.4 Å². The first-order valence-corrected chi connectivity index (χ1v) is 31.6. The highest BCUT2D eigenvalue weighted by atomic mass is 32.1. The molecular formula is C64H78N14O7S. The van der Waals surface area contributed by atoms with E-state index in [9.17, 15) is 19.8 Å². The molecule has 7 aromatic rings. The van der Waals surface area contributed by atoms with Gasteiger partial charge in [-0.05, 0) is 93.7 Å². The van der Waals surface area contributed by atoms with Crippen LogP contribution < -0.4 is 30.5 Å². The number of phenols is 1. The van der Waals surface area contributed by atoms with E-state index in [0.29, 0.717) is 46.6 Å². The van der Waals surface area contributed by atoms with E-state index >= 15 is 0 Å². The smallest absolute Gasteiger partial charge is 0.243 e. The molecule has 5 aromatic heterocycles. The minimum Gasteiger partial charge on any atom is -0.507 e. The number of β-amino-alcohol motifs (C(OH)–C–C–N with tert-alkyl or cyclic N) is 1. The maximum atomic E-state index is 14.4. The topological polar surface area (TPSA) is 243 Å². The molecule has 13 rings (SSSR count). The lowest BCUT2D eigenvalue weighted by molar-refractivity contribution is -0.141. The van der Waals surface area contributed by atoms with Crippen molar-refractivity contribution in [3.05, 3.63) is 119 Å². The number of aromatic nitrogens is 7. The van der Waals surface area contributed by atoms with E-state index in [1.807, 2.05) is 94.1 Å². The number of ether oxygens (including phenoxy) is 2. The highest BCUT2D eigenvalue weighted by Gasteiger charge is 2.45. The number of piperazine rings is 1. The Hall–Kier alpha value is -7.66. The fourth-order valence-electron chi connectivity index (χ4n) is 13.9. The number of nitrogens with two attached hydrogens (primary N) is 1. The molecule has 10 heterocycles. The molecule has 5 N–H and O–H groups in total. The molecule has 5 aliphatic heterocycles. The Labute approximate surface area is 505 Å². The summed E-state index contributed by atoms with van der Waals surface area (Å²) < 4.78 is 21.2. The second kappa shape index (κ2) is 24.6. The number of nitrogens with one attached hydrogen (secondary N) is 1. The molecule has 1 aliphatic carbocycles. The minimum atomic E-state index is -0.814. The summed E-state index contributed by atoms with van der Waals surface area (Å²) in [5.74, 6) is 0.996. The van der Waals surface area contributed by atoms with Crippen LogP contribution in [0.15, 0.2) is 101 Å². The van der Waals surface area contributed by atoms with Crippen molar-refractivity contribution in [2.75, 3.05) is 66.2 Å². The number of amides is 2. The number of hydrogen-bond donors (Lipinski definition) is 4. The van der Waals surface area contributed by atoms with Crippen molar-refractivity contribution in [1.29, 1.82) is 0 Å². The van der Waals surface area contributed by atoms with Crippen molar-refractivity contribution in [2.45, 2.75) is 153 Å². The zero-order valence-electron chi connectivity index (χ0n) is 49.4. The van der Waals surface area contributed by atoms with Crippen molar-refractivity contribution < 1.29 is 33.8 Å². The van der Waals surface area contributed by atoms with Gasteiger partial charge in [0.25, 0.3) is 0 Å². The van der Waals surface area contributed by atoms with E-state index in [2.05, 4.69) is 73.2 Å². The lowest BCUT2D eigenvalue weighted by Gasteiger charge is -2.43. The number of carbonyl (C=O) groups excluding carboxylic acids is 2. The number of para-hydroxylation sites is 1. The Morgan fingerprint density at radius 3 is 2.34 bits per heavy atom. The van der Waals surface area contributed by atoms with Gasteiger partial charge in [-0.3, -0.25) is 19.2 Å². The number of benzene rings is 2. The number of thiazole rings is 1. The SMILES string of the molecule is Cc1ncsc1-c1ccc([C@H](C)NC(=O)[C@@H]2C[C@@H](O)CN2C(=O)[C@H](c2cc(N3CCC(n4cc(CN5CCC(OC6CC(Oc7cc(N8C9CCC8CN(c8cc(-c%10ccccc%10O)nnc8N)C9)ccn7)C6)CC5)cn4)CC3)no2)C(C)C)cc1. The molecule has 2 bridgehead atoms. The van der Waals surface area contributed by atoms with Crippen molar-refractivity contribution in [3.63, 3.8) is 0 Å². The quantitative estimate of drug-likeness (QED) is 0.0631. The molecule has 86 heavy (non-hydrogen) atoms. The molecule has 2 unspecified atom stereocenters. The van der Waals surface area contributed by atoms with Crippen molar-refractivity contribution in [1.82, 2.24) is 50.2 Å². The summed E-state index contributed by atoms with van der Waals surface area (Å²) in [6.45, 7) is 13.9. The molecule has 22 heteroatoms. The number of fused-ring (bicyclic) bond motifs is 2. The predicted molar refractivity (Wildman–Crippen MR) is 328 cm³/mol. The number of pyridine rings is 1. The first-order valence-electron chi connectivity index (χ1n) is 30.7. The molecule has 21 nitrogen and oxygen atoms in total. The number of piperidine rings is 2. The van der Waals surface area contributed by atoms with Crippen molar-refractivity contribution >= 4 is 46.2 Å². The van der Waals surface area contributed by atoms with Crippen molar-refractivity contribution in [3.8, 4) is 33.3 Å². The average molecular weight is 1190 g/mol. The largest absolute Gasteiger partial charge is 0.507 e. The third-order valence-electron chi connectivity index (χ3n) is 18.7. The standard InChI is InChI=1S/C64H78N14O7S/c1-38(2)60(64(82)76-36-48(79)26-55(76)63(81)69-39(3)42-9-11-43(12-10-42)61-40(4)67-37-86-61)57-30-58(72-85-57)74-23-16-44(17-24-74)77-33-41(31-68-77)32-73-21-18-49(19-22-73)83-50-27-51(28-50)84-59-25-45(15-20-66-59)78-46-13-14-47(78)35-75(34-46)54-29-53(70-71-62(54)65)52-7-5-6-8-56(52)80/h5-12,15,20,25,29-31,33,37-39,44,46-51,55,60,79-80H,13-14,16-19,21-24,26-28,32,34-36H2,1-4H3,(H2,65,71)(H,69,81)/t39-,46?,47?,48+,50?,51?,55-,60-/m0/s1. The molecule has 452 valence electrons. The van der Waals surface area contributed by atoms with E-state index < -0.39 is 18.1 Å². The second-order valence-corrected chi connectivity index (χ2v) is 25.7. The molecular weight excluding hydrogens is 1110 g/mol. The van der Waals surface area contributed by atoms with E-state index in [0.717, 1.165) is 130 Å². The fraction of sp³-hybridized carbons (Fsp3) is 0.500. The number of aryl methyl sites for hydroxylation is 1. The third-order valence-corrected chi connectivity index (χ3v) is 19.7. The third kappa shape index (κ3) is 12.1. The average Bonchev–Trinajstić information content (AvgIpc) is 2.39. The molecule has 0 radical (unpaired) electrons. The van der Waals surface area contributed by atoms with E-state index in [1.54, 1.807) is 23.5 Å². The maximum absolute atomic E-state index is 14.4. The summed E-state index contributed by atoms with van der Waals surface area (Å²) in [5.41, 5.74) is 15.7. The number of nitrogen functional groups attached to an aromatic ring is 1. The Morgan fingerprint density at radius 1 is 0.837 bits per heavy atom. The Bertz CT molecular complexity index is 3480. The summed E-state index contributed by atoms with van der Waals surface area (Å²) >= 11 is 1.60. The molecule has 6 atom stereocenters. The summed E-state index contributed by atoms with van der Waals surface area (Å²) in [6.07, 6.45) is 13.6. The van der Waals surface area contributed by atoms with Crippen LogP contribution in [-0.4, -0.2) is 155 Å². The first kappa shape index (κ1) is 57.4. The lowest BCUT2D eigenvalue weighted by Crippen LogP contribution is -2.54. The first-order chi connectivity index (χ1) is 41.7. The highest BCUT2D eigenvalue weighted by Crippen LogP contribution is 2.41. The fourth-order valence-corrected chi connectivity index (χ4v) is 14.8. The van der Waals surface area contributed by atoms with Crippen LogP contribution in [0.5, 0.6) is 11.6 Å². The van der Waals surface area contributed by atoms with E-state index in [-0.39, 0.29) is 66.8 Å². The van der Waals surface area contributed by atoms with Gasteiger partial charge < -0.3 is 54.9 Å². The van der Waals surface area contributed by atoms with Crippen LogP contribution in [0.4, 0.5) is 23.0 Å². The maximum Gasteiger partial charge on any atom is 0.243 e. The van der Waals surface area contributed by atoms with E-state index in [1.165, 1.54) is 10.5 Å². The van der Waals surface area contributed by atoms with Gasteiger partial charge in [-0.1, -0.05) is 55.4 Å². The summed E-state index contributed by atoms with van der Waals surface area (Å²) in [5, 5.41) is 42.3.